The molecular formula is C7H16N2. The zero-order chi connectivity index (χ0) is 7.44. The van der Waals surface area contributed by atoms with E-state index in [1.807, 2.05) is 13.2 Å². The van der Waals surface area contributed by atoms with Crippen molar-refractivity contribution in [1.29, 1.82) is 0 Å². The summed E-state index contributed by atoms with van der Waals surface area (Å²) < 4.78 is 0. The van der Waals surface area contributed by atoms with Crippen LogP contribution in [0.2, 0.25) is 0 Å². The molecule has 0 aromatic carbocycles. The van der Waals surface area contributed by atoms with Crippen molar-refractivity contribution in [3.63, 3.8) is 0 Å². The molecule has 0 unspecified atom stereocenters. The van der Waals surface area contributed by atoms with Crippen molar-refractivity contribution in [2.75, 3.05) is 7.05 Å². The van der Waals surface area contributed by atoms with Crippen LogP contribution in [0.3, 0.4) is 0 Å². The second kappa shape index (κ2) is 3.51. The van der Waals surface area contributed by atoms with Gasteiger partial charge in [0.25, 0.3) is 0 Å². The molecule has 54 valence electrons. The van der Waals surface area contributed by atoms with Gasteiger partial charge in [-0.15, -0.1) is 0 Å². The van der Waals surface area contributed by atoms with Gasteiger partial charge in [0.1, 0.15) is 0 Å². The van der Waals surface area contributed by atoms with Crippen molar-refractivity contribution in [3.05, 3.63) is 11.8 Å². The molecule has 0 aromatic heterocycles. The van der Waals surface area contributed by atoms with Crippen LogP contribution in [0.1, 0.15) is 20.8 Å². The lowest BCUT2D eigenvalue weighted by Crippen LogP contribution is -2.19. The quantitative estimate of drug-likeness (QED) is 0.449. The SMILES string of the molecule is C/C(=C\N(C)N)C(C)C. The van der Waals surface area contributed by atoms with E-state index in [4.69, 9.17) is 5.84 Å². The highest BCUT2D eigenvalue weighted by Crippen LogP contribution is 2.06. The molecule has 0 aliphatic carbocycles. The maximum atomic E-state index is 5.39. The molecular weight excluding hydrogens is 112 g/mol. The fourth-order valence-electron chi connectivity index (χ4n) is 0.470. The Morgan fingerprint density at radius 1 is 1.56 bits per heavy atom. The number of rotatable bonds is 2. The number of hydrogen-bond acceptors (Lipinski definition) is 2. The van der Waals surface area contributed by atoms with Gasteiger partial charge in [0.05, 0.1) is 0 Å². The molecule has 0 atom stereocenters. The summed E-state index contributed by atoms with van der Waals surface area (Å²) in [6, 6.07) is 0. The van der Waals surface area contributed by atoms with E-state index in [0.717, 1.165) is 0 Å². The van der Waals surface area contributed by atoms with Gasteiger partial charge < -0.3 is 5.01 Å². The number of hydrogen-bond donors (Lipinski definition) is 1. The van der Waals surface area contributed by atoms with Crippen molar-refractivity contribution in [2.24, 2.45) is 11.8 Å². The summed E-state index contributed by atoms with van der Waals surface area (Å²) >= 11 is 0. The van der Waals surface area contributed by atoms with Gasteiger partial charge in [-0.05, 0) is 12.8 Å². The lowest BCUT2D eigenvalue weighted by Gasteiger charge is -2.09. The predicted octanol–water partition coefficient (Wildman–Crippen LogP) is 1.35. The minimum atomic E-state index is 0.594. The summed E-state index contributed by atoms with van der Waals surface area (Å²) in [7, 11) is 1.83. The van der Waals surface area contributed by atoms with Gasteiger partial charge in [-0.2, -0.15) is 0 Å². The van der Waals surface area contributed by atoms with Gasteiger partial charge in [-0.3, -0.25) is 0 Å². The molecule has 2 N–H and O–H groups in total. The fraction of sp³-hybridized carbons (Fsp3) is 0.714. The van der Waals surface area contributed by atoms with E-state index in [9.17, 15) is 0 Å². The van der Waals surface area contributed by atoms with Crippen LogP contribution < -0.4 is 5.84 Å². The molecule has 0 rings (SSSR count). The molecule has 0 aliphatic rings. The third-order valence-corrected chi connectivity index (χ3v) is 1.32. The Balaban J connectivity index is 3.84. The standard InChI is InChI=1S/C7H16N2/c1-6(2)7(3)5-9(4)8/h5-6H,8H2,1-4H3/b7-5+. The van der Waals surface area contributed by atoms with Crippen LogP contribution >= 0.6 is 0 Å². The van der Waals surface area contributed by atoms with Crippen molar-refractivity contribution in [2.45, 2.75) is 20.8 Å². The van der Waals surface area contributed by atoms with Crippen molar-refractivity contribution in [1.82, 2.24) is 5.01 Å². The van der Waals surface area contributed by atoms with Crippen LogP contribution in [0.15, 0.2) is 11.8 Å². The van der Waals surface area contributed by atoms with Crippen LogP contribution in [-0.2, 0) is 0 Å². The number of allylic oxidation sites excluding steroid dienone is 1. The number of hydrazine groups is 1. The summed E-state index contributed by atoms with van der Waals surface area (Å²) in [4.78, 5) is 0. The minimum Gasteiger partial charge on any atom is -0.321 e. The summed E-state index contributed by atoms with van der Waals surface area (Å²) in [6.45, 7) is 6.37. The van der Waals surface area contributed by atoms with Crippen molar-refractivity contribution >= 4 is 0 Å². The van der Waals surface area contributed by atoms with Crippen molar-refractivity contribution in [3.8, 4) is 0 Å². The average molecular weight is 128 g/mol. The van der Waals surface area contributed by atoms with Crippen LogP contribution in [0.25, 0.3) is 0 Å². The third-order valence-electron chi connectivity index (χ3n) is 1.32. The fourth-order valence-corrected chi connectivity index (χ4v) is 0.470. The smallest absolute Gasteiger partial charge is 0.0222 e. The molecule has 2 nitrogen and oxygen atoms in total. The maximum Gasteiger partial charge on any atom is 0.0222 e. The number of nitrogens with zero attached hydrogens (tertiary/aromatic N) is 1. The molecule has 0 saturated heterocycles. The molecule has 0 bridgehead atoms. The average Bonchev–Trinajstić information content (AvgIpc) is 1.63. The highest BCUT2D eigenvalue weighted by Gasteiger charge is 1.94. The second-order valence-electron chi connectivity index (χ2n) is 2.69. The summed E-state index contributed by atoms with van der Waals surface area (Å²) in [6.07, 6.45) is 1.94. The van der Waals surface area contributed by atoms with Gasteiger partial charge >= 0.3 is 0 Å². The molecule has 0 saturated carbocycles. The Bertz CT molecular complexity index is 103. The Morgan fingerprint density at radius 2 is 2.00 bits per heavy atom. The lowest BCUT2D eigenvalue weighted by atomic mass is 10.1. The van der Waals surface area contributed by atoms with E-state index >= 15 is 0 Å². The summed E-state index contributed by atoms with van der Waals surface area (Å²) in [5.74, 6) is 5.98. The molecule has 2 heteroatoms. The van der Waals surface area contributed by atoms with Crippen LogP contribution in [0, 0.1) is 5.92 Å². The minimum absolute atomic E-state index is 0.594. The molecule has 0 fully saturated rings. The van der Waals surface area contributed by atoms with Gasteiger partial charge in [0.15, 0.2) is 0 Å². The zero-order valence-corrected chi connectivity index (χ0v) is 6.68. The van der Waals surface area contributed by atoms with Crippen LogP contribution in [0.5, 0.6) is 0 Å². The Hall–Kier alpha value is -0.500. The molecule has 0 spiro atoms. The Labute approximate surface area is 57.3 Å². The van der Waals surface area contributed by atoms with Gasteiger partial charge in [-0.25, -0.2) is 5.84 Å². The van der Waals surface area contributed by atoms with E-state index in [1.165, 1.54) is 5.57 Å². The molecule has 0 amide bonds. The predicted molar refractivity (Wildman–Crippen MR) is 40.5 cm³/mol. The molecule has 0 heterocycles. The lowest BCUT2D eigenvalue weighted by molar-refractivity contribution is 0.474. The summed E-state index contributed by atoms with van der Waals surface area (Å²) in [5.41, 5.74) is 1.31. The van der Waals surface area contributed by atoms with Crippen LogP contribution in [0.4, 0.5) is 0 Å². The largest absolute Gasteiger partial charge is 0.321 e. The number of nitrogens with two attached hydrogens (primary N) is 1. The topological polar surface area (TPSA) is 29.3 Å². The third kappa shape index (κ3) is 4.03. The van der Waals surface area contributed by atoms with Crippen molar-refractivity contribution < 1.29 is 0 Å². The highest BCUT2D eigenvalue weighted by molar-refractivity contribution is 4.98. The van der Waals surface area contributed by atoms with E-state index in [1.54, 1.807) is 5.01 Å². The normalized spacial score (nSPS) is 12.4. The zero-order valence-electron chi connectivity index (χ0n) is 6.68. The highest BCUT2D eigenvalue weighted by atomic mass is 15.4. The maximum absolute atomic E-state index is 5.39. The molecule has 0 aromatic rings. The monoisotopic (exact) mass is 128 g/mol. The van der Waals surface area contributed by atoms with Gasteiger partial charge in [0.2, 0.25) is 0 Å². The van der Waals surface area contributed by atoms with Crippen LogP contribution in [-0.4, -0.2) is 12.1 Å². The summed E-state index contributed by atoms with van der Waals surface area (Å²) in [5, 5.41) is 1.58. The first-order valence-electron chi connectivity index (χ1n) is 3.20. The second-order valence-corrected chi connectivity index (χ2v) is 2.69. The molecule has 0 aliphatic heterocycles. The molecule has 9 heavy (non-hydrogen) atoms. The first kappa shape index (κ1) is 8.50. The molecule has 0 radical (unpaired) electrons. The first-order valence-corrected chi connectivity index (χ1v) is 3.20. The Kier molecular flexibility index (Phi) is 3.32. The van der Waals surface area contributed by atoms with Gasteiger partial charge in [-0.1, -0.05) is 19.4 Å². The van der Waals surface area contributed by atoms with Gasteiger partial charge in [0, 0.05) is 13.2 Å². The van der Waals surface area contributed by atoms with E-state index in [-0.39, 0.29) is 0 Å². The van der Waals surface area contributed by atoms with E-state index < -0.39 is 0 Å². The van der Waals surface area contributed by atoms with E-state index in [0.29, 0.717) is 5.92 Å². The first-order chi connectivity index (χ1) is 4.04. The Morgan fingerprint density at radius 3 is 2.11 bits per heavy atom. The van der Waals surface area contributed by atoms with E-state index in [2.05, 4.69) is 20.8 Å².